The fourth-order valence-electron chi connectivity index (χ4n) is 2.76. The van der Waals surface area contributed by atoms with Crippen molar-refractivity contribution in [2.75, 3.05) is 11.9 Å². The molecule has 1 heterocycles. The summed E-state index contributed by atoms with van der Waals surface area (Å²) in [5, 5.41) is 7.83. The van der Waals surface area contributed by atoms with Crippen LogP contribution in [-0.2, 0) is 16.6 Å². The van der Waals surface area contributed by atoms with Gasteiger partial charge in [-0.25, -0.2) is 0 Å². The number of esters is 1. The van der Waals surface area contributed by atoms with Gasteiger partial charge in [-0.2, -0.15) is 5.10 Å². The SMILES string of the molecule is CCOC(=O)C1CCCC(Nc2cn(C)nc2C)C1. The average molecular weight is 265 g/mol. The summed E-state index contributed by atoms with van der Waals surface area (Å²) < 4.78 is 6.93. The van der Waals surface area contributed by atoms with Gasteiger partial charge >= 0.3 is 5.97 Å². The van der Waals surface area contributed by atoms with E-state index >= 15 is 0 Å². The molecule has 1 aromatic rings. The molecule has 1 N–H and O–H groups in total. The highest BCUT2D eigenvalue weighted by atomic mass is 16.5. The van der Waals surface area contributed by atoms with E-state index in [1.807, 2.05) is 31.8 Å². The zero-order chi connectivity index (χ0) is 13.8. The minimum Gasteiger partial charge on any atom is -0.466 e. The van der Waals surface area contributed by atoms with E-state index in [1.54, 1.807) is 0 Å². The Labute approximate surface area is 114 Å². The molecule has 5 heteroatoms. The van der Waals surface area contributed by atoms with Gasteiger partial charge in [0.15, 0.2) is 0 Å². The van der Waals surface area contributed by atoms with E-state index in [1.165, 1.54) is 0 Å². The molecule has 0 aromatic carbocycles. The van der Waals surface area contributed by atoms with Crippen molar-refractivity contribution < 1.29 is 9.53 Å². The molecule has 0 amide bonds. The monoisotopic (exact) mass is 265 g/mol. The van der Waals surface area contributed by atoms with E-state index in [0.29, 0.717) is 12.6 Å². The van der Waals surface area contributed by atoms with Gasteiger partial charge in [0.05, 0.1) is 23.9 Å². The third-order valence-electron chi connectivity index (χ3n) is 3.67. The van der Waals surface area contributed by atoms with Crippen molar-refractivity contribution in [3.8, 4) is 0 Å². The van der Waals surface area contributed by atoms with Crippen LogP contribution in [0.4, 0.5) is 5.69 Å². The van der Waals surface area contributed by atoms with Gasteiger partial charge in [0.1, 0.15) is 0 Å². The summed E-state index contributed by atoms with van der Waals surface area (Å²) in [6.45, 7) is 4.32. The Kier molecular flexibility index (Phi) is 4.45. The number of hydrogen-bond acceptors (Lipinski definition) is 4. The number of hydrogen-bond donors (Lipinski definition) is 1. The molecule has 1 aliphatic rings. The molecule has 1 saturated carbocycles. The van der Waals surface area contributed by atoms with Crippen LogP contribution in [-0.4, -0.2) is 28.4 Å². The average Bonchev–Trinajstić information content (AvgIpc) is 2.68. The summed E-state index contributed by atoms with van der Waals surface area (Å²) in [6, 6.07) is 0.339. The van der Waals surface area contributed by atoms with Gasteiger partial charge in [-0.15, -0.1) is 0 Å². The fourth-order valence-corrected chi connectivity index (χ4v) is 2.76. The highest BCUT2D eigenvalue weighted by Gasteiger charge is 2.28. The Hall–Kier alpha value is -1.52. The predicted molar refractivity (Wildman–Crippen MR) is 73.9 cm³/mol. The Morgan fingerprint density at radius 3 is 3.00 bits per heavy atom. The largest absolute Gasteiger partial charge is 0.466 e. The summed E-state index contributed by atoms with van der Waals surface area (Å²) in [7, 11) is 1.92. The van der Waals surface area contributed by atoms with Crippen LogP contribution in [0.1, 0.15) is 38.3 Å². The minimum absolute atomic E-state index is 0.0445. The summed E-state index contributed by atoms with van der Waals surface area (Å²) in [6.07, 6.45) is 5.96. The highest BCUT2D eigenvalue weighted by Crippen LogP contribution is 2.28. The Morgan fingerprint density at radius 1 is 1.58 bits per heavy atom. The molecule has 19 heavy (non-hydrogen) atoms. The van der Waals surface area contributed by atoms with Crippen LogP contribution in [0.2, 0.25) is 0 Å². The van der Waals surface area contributed by atoms with Crippen LogP contribution in [0, 0.1) is 12.8 Å². The Bertz CT molecular complexity index is 442. The number of carbonyl (C=O) groups is 1. The number of aryl methyl sites for hydroxylation is 2. The smallest absolute Gasteiger partial charge is 0.308 e. The van der Waals surface area contributed by atoms with Crippen LogP contribution in [0.5, 0.6) is 0 Å². The maximum Gasteiger partial charge on any atom is 0.308 e. The van der Waals surface area contributed by atoms with Gasteiger partial charge in [0, 0.05) is 19.3 Å². The zero-order valence-electron chi connectivity index (χ0n) is 12.0. The molecular formula is C14H23N3O2. The van der Waals surface area contributed by atoms with E-state index in [0.717, 1.165) is 37.1 Å². The Balaban J connectivity index is 1.94. The first-order valence-corrected chi connectivity index (χ1v) is 7.03. The topological polar surface area (TPSA) is 56.1 Å². The van der Waals surface area contributed by atoms with Crippen LogP contribution in [0.25, 0.3) is 0 Å². The second-order valence-corrected chi connectivity index (χ2v) is 5.26. The number of ether oxygens (including phenoxy) is 1. The van der Waals surface area contributed by atoms with Gasteiger partial charge < -0.3 is 10.1 Å². The van der Waals surface area contributed by atoms with Crippen LogP contribution >= 0.6 is 0 Å². The van der Waals surface area contributed by atoms with Crippen molar-refractivity contribution >= 4 is 11.7 Å². The second kappa shape index (κ2) is 6.08. The molecule has 0 bridgehead atoms. The van der Waals surface area contributed by atoms with Crippen LogP contribution < -0.4 is 5.32 Å². The highest BCUT2D eigenvalue weighted by molar-refractivity contribution is 5.72. The van der Waals surface area contributed by atoms with Gasteiger partial charge in [-0.1, -0.05) is 6.42 Å². The molecule has 0 spiro atoms. The Morgan fingerprint density at radius 2 is 2.37 bits per heavy atom. The molecule has 5 nitrogen and oxygen atoms in total. The first-order chi connectivity index (χ1) is 9.10. The summed E-state index contributed by atoms with van der Waals surface area (Å²) >= 11 is 0. The lowest BCUT2D eigenvalue weighted by Gasteiger charge is -2.28. The van der Waals surface area contributed by atoms with Crippen LogP contribution in [0.3, 0.4) is 0 Å². The van der Waals surface area contributed by atoms with E-state index in [-0.39, 0.29) is 11.9 Å². The number of anilines is 1. The zero-order valence-corrected chi connectivity index (χ0v) is 12.0. The molecule has 0 radical (unpaired) electrons. The van der Waals surface area contributed by atoms with Crippen molar-refractivity contribution in [3.05, 3.63) is 11.9 Å². The van der Waals surface area contributed by atoms with E-state index in [4.69, 9.17) is 4.74 Å². The quantitative estimate of drug-likeness (QED) is 0.848. The predicted octanol–water partition coefficient (Wildman–Crippen LogP) is 2.26. The summed E-state index contributed by atoms with van der Waals surface area (Å²) in [5.41, 5.74) is 2.07. The molecule has 2 unspecified atom stereocenters. The second-order valence-electron chi connectivity index (χ2n) is 5.26. The number of rotatable bonds is 4. The molecule has 0 aliphatic heterocycles. The third-order valence-corrected chi connectivity index (χ3v) is 3.67. The summed E-state index contributed by atoms with van der Waals surface area (Å²) in [5.74, 6) is 0.0000798. The molecule has 1 aromatic heterocycles. The number of nitrogens with one attached hydrogen (secondary N) is 1. The molecule has 0 saturated heterocycles. The van der Waals surface area contributed by atoms with Crippen LogP contribution in [0.15, 0.2) is 6.20 Å². The van der Waals surface area contributed by atoms with Crippen molar-refractivity contribution in [1.29, 1.82) is 0 Å². The maximum absolute atomic E-state index is 11.8. The lowest BCUT2D eigenvalue weighted by molar-refractivity contribution is -0.149. The van der Waals surface area contributed by atoms with Gasteiger partial charge in [0.25, 0.3) is 0 Å². The lowest BCUT2D eigenvalue weighted by Crippen LogP contribution is -2.32. The molecular weight excluding hydrogens is 242 g/mol. The third kappa shape index (κ3) is 3.49. The molecule has 1 aliphatic carbocycles. The first-order valence-electron chi connectivity index (χ1n) is 7.03. The van der Waals surface area contributed by atoms with E-state index < -0.39 is 0 Å². The number of aromatic nitrogens is 2. The number of nitrogens with zero attached hydrogens (tertiary/aromatic N) is 2. The normalized spacial score (nSPS) is 23.1. The molecule has 2 rings (SSSR count). The minimum atomic E-state index is -0.0445. The fraction of sp³-hybridized carbons (Fsp3) is 0.714. The van der Waals surface area contributed by atoms with Crippen molar-refractivity contribution in [1.82, 2.24) is 9.78 Å². The summed E-state index contributed by atoms with van der Waals surface area (Å²) in [4.78, 5) is 11.8. The molecule has 1 fully saturated rings. The van der Waals surface area contributed by atoms with Crippen molar-refractivity contribution in [3.63, 3.8) is 0 Å². The van der Waals surface area contributed by atoms with Gasteiger partial charge in [-0.05, 0) is 33.1 Å². The van der Waals surface area contributed by atoms with Crippen molar-refractivity contribution in [2.45, 2.75) is 45.6 Å². The number of carbonyl (C=O) groups excluding carboxylic acids is 1. The maximum atomic E-state index is 11.8. The van der Waals surface area contributed by atoms with Crippen molar-refractivity contribution in [2.24, 2.45) is 13.0 Å². The van der Waals surface area contributed by atoms with E-state index in [9.17, 15) is 4.79 Å². The van der Waals surface area contributed by atoms with E-state index in [2.05, 4.69) is 10.4 Å². The lowest BCUT2D eigenvalue weighted by atomic mass is 9.85. The van der Waals surface area contributed by atoms with Gasteiger partial charge in [-0.3, -0.25) is 9.48 Å². The molecule has 2 atom stereocenters. The molecule has 106 valence electrons. The van der Waals surface area contributed by atoms with Gasteiger partial charge in [0.2, 0.25) is 0 Å². The first kappa shape index (κ1) is 13.9. The standard InChI is InChI=1S/C14H23N3O2/c1-4-19-14(18)11-6-5-7-12(8-11)15-13-9-17(3)16-10(13)2/h9,11-12,15H,4-8H2,1-3H3.